The molecule has 2 fully saturated rings. The number of hydrogen-bond acceptors (Lipinski definition) is 4. The van der Waals surface area contributed by atoms with E-state index in [1.165, 1.54) is 0 Å². The molecule has 2 aliphatic rings. The van der Waals surface area contributed by atoms with Crippen molar-refractivity contribution in [2.75, 3.05) is 39.3 Å². The molecule has 0 spiro atoms. The van der Waals surface area contributed by atoms with Gasteiger partial charge >= 0.3 is 0 Å². The minimum Gasteiger partial charge on any atom is -0.339 e. The molecule has 2 aromatic carbocycles. The highest BCUT2D eigenvalue weighted by Crippen LogP contribution is 2.24. The van der Waals surface area contributed by atoms with Gasteiger partial charge in [0, 0.05) is 39.1 Å². The number of benzene rings is 2. The number of carbonyl (C=O) groups is 2. The molecule has 2 amide bonds. The number of hydrogen-bond donors (Lipinski definition) is 0. The summed E-state index contributed by atoms with van der Waals surface area (Å²) in [4.78, 5) is 36.9. The minimum absolute atomic E-state index is 0.0579. The lowest BCUT2D eigenvalue weighted by molar-refractivity contribution is -0.138. The van der Waals surface area contributed by atoms with Crippen molar-refractivity contribution in [3.05, 3.63) is 64.9 Å². The van der Waals surface area contributed by atoms with E-state index in [1.807, 2.05) is 35.2 Å². The lowest BCUT2D eigenvalue weighted by Crippen LogP contribution is -2.53. The summed E-state index contributed by atoms with van der Waals surface area (Å²) < 4.78 is 2.16. The molecule has 0 saturated carbocycles. The van der Waals surface area contributed by atoms with Gasteiger partial charge < -0.3 is 14.4 Å². The Labute approximate surface area is 204 Å². The van der Waals surface area contributed by atoms with Gasteiger partial charge in [0.05, 0.1) is 28.2 Å². The lowest BCUT2D eigenvalue weighted by Gasteiger charge is -2.38. The third-order valence-corrected chi connectivity index (χ3v) is 7.49. The van der Waals surface area contributed by atoms with Crippen molar-refractivity contribution in [3.63, 3.8) is 0 Å². The predicted octanol–water partition coefficient (Wildman–Crippen LogP) is 3.42. The van der Waals surface area contributed by atoms with Crippen LogP contribution in [0.15, 0.2) is 48.5 Å². The zero-order valence-electron chi connectivity index (χ0n) is 19.5. The summed E-state index contributed by atoms with van der Waals surface area (Å²) in [7, 11) is 2.07. The average Bonchev–Trinajstić information content (AvgIpc) is 3.19. The summed E-state index contributed by atoms with van der Waals surface area (Å²) in [6, 6.07) is 15.3. The number of rotatable bonds is 4. The Kier molecular flexibility index (Phi) is 6.57. The van der Waals surface area contributed by atoms with Crippen LogP contribution in [0.25, 0.3) is 11.0 Å². The zero-order valence-corrected chi connectivity index (χ0v) is 20.2. The second kappa shape index (κ2) is 9.76. The first kappa shape index (κ1) is 22.9. The van der Waals surface area contributed by atoms with E-state index in [0.29, 0.717) is 36.8 Å². The van der Waals surface area contributed by atoms with Crippen LogP contribution in [-0.4, -0.2) is 75.3 Å². The van der Waals surface area contributed by atoms with Crippen LogP contribution in [0.2, 0.25) is 5.02 Å². The van der Waals surface area contributed by atoms with Crippen LogP contribution >= 0.6 is 11.6 Å². The largest absolute Gasteiger partial charge is 0.339 e. The number of carbonyl (C=O) groups excluding carboxylic acids is 2. The first-order chi connectivity index (χ1) is 16.5. The van der Waals surface area contributed by atoms with Gasteiger partial charge in [0.1, 0.15) is 5.82 Å². The topological polar surface area (TPSA) is 61.7 Å². The standard InChI is InChI=1S/C26H30ClN5O2/c1-29-23-9-5-4-8-22(23)28-24(29)18-30-12-10-19(11-13-30)25(33)31-14-16-32(17-15-31)26(34)20-6-2-3-7-21(20)27/h2-9,19H,10-18H2,1H3. The molecule has 34 heavy (non-hydrogen) atoms. The summed E-state index contributed by atoms with van der Waals surface area (Å²) in [5, 5.41) is 0.469. The Hall–Kier alpha value is -2.90. The monoisotopic (exact) mass is 479 g/mol. The van der Waals surface area contributed by atoms with Gasteiger partial charge in [-0.2, -0.15) is 0 Å². The number of fused-ring (bicyclic) bond motifs is 1. The van der Waals surface area contributed by atoms with E-state index >= 15 is 0 Å². The van der Waals surface area contributed by atoms with Crippen molar-refractivity contribution in [1.82, 2.24) is 24.3 Å². The predicted molar refractivity (Wildman–Crippen MR) is 133 cm³/mol. The van der Waals surface area contributed by atoms with E-state index < -0.39 is 0 Å². The Morgan fingerprint density at radius 2 is 1.56 bits per heavy atom. The molecule has 0 unspecified atom stereocenters. The minimum atomic E-state index is -0.0621. The van der Waals surface area contributed by atoms with Gasteiger partial charge in [-0.25, -0.2) is 4.98 Å². The number of aromatic nitrogens is 2. The summed E-state index contributed by atoms with van der Waals surface area (Å²) in [5.74, 6) is 1.29. The van der Waals surface area contributed by atoms with Crippen molar-refractivity contribution < 1.29 is 9.59 Å². The van der Waals surface area contributed by atoms with Gasteiger partial charge in [-0.1, -0.05) is 35.9 Å². The fourth-order valence-corrected chi connectivity index (χ4v) is 5.28. The number of imidazole rings is 1. The molecule has 2 aliphatic heterocycles. The molecule has 3 aromatic rings. The SMILES string of the molecule is Cn1c(CN2CCC(C(=O)N3CCN(C(=O)c4ccccc4Cl)CC3)CC2)nc2ccccc21. The molecule has 0 atom stereocenters. The van der Waals surface area contributed by atoms with Crippen molar-refractivity contribution in [3.8, 4) is 0 Å². The van der Waals surface area contributed by atoms with Crippen LogP contribution in [0.3, 0.4) is 0 Å². The molecule has 0 radical (unpaired) electrons. The molecular formula is C26H30ClN5O2. The maximum atomic E-state index is 13.2. The molecule has 0 N–H and O–H groups in total. The summed E-state index contributed by atoms with van der Waals surface area (Å²) in [6.45, 7) is 4.83. The number of piperazine rings is 1. The lowest BCUT2D eigenvalue weighted by atomic mass is 9.95. The molecule has 1 aromatic heterocycles. The van der Waals surface area contributed by atoms with Crippen LogP contribution in [0.5, 0.6) is 0 Å². The molecule has 2 saturated heterocycles. The van der Waals surface area contributed by atoms with Crippen molar-refractivity contribution >= 4 is 34.4 Å². The maximum absolute atomic E-state index is 13.2. The van der Waals surface area contributed by atoms with Crippen LogP contribution in [0.1, 0.15) is 29.0 Å². The fraction of sp³-hybridized carbons (Fsp3) is 0.423. The summed E-state index contributed by atoms with van der Waals surface area (Å²) in [5.41, 5.74) is 2.70. The molecule has 0 aliphatic carbocycles. The number of likely N-dealkylation sites (tertiary alicyclic amines) is 1. The molecule has 7 nitrogen and oxygen atoms in total. The first-order valence-electron chi connectivity index (χ1n) is 12.0. The Morgan fingerprint density at radius 1 is 0.912 bits per heavy atom. The van der Waals surface area contributed by atoms with Crippen LogP contribution in [-0.2, 0) is 18.4 Å². The fourth-order valence-electron chi connectivity index (χ4n) is 5.07. The van der Waals surface area contributed by atoms with Gasteiger partial charge in [0.2, 0.25) is 5.91 Å². The number of aryl methyl sites for hydroxylation is 1. The summed E-state index contributed by atoms with van der Waals surface area (Å²) in [6.07, 6.45) is 1.73. The Morgan fingerprint density at radius 3 is 2.26 bits per heavy atom. The Balaban J connectivity index is 1.12. The average molecular weight is 480 g/mol. The number of para-hydroxylation sites is 2. The van der Waals surface area contributed by atoms with Gasteiger partial charge in [0.25, 0.3) is 5.91 Å². The number of amides is 2. The van der Waals surface area contributed by atoms with E-state index in [0.717, 1.165) is 49.3 Å². The molecular weight excluding hydrogens is 450 g/mol. The van der Waals surface area contributed by atoms with Gasteiger partial charge in [-0.3, -0.25) is 14.5 Å². The van der Waals surface area contributed by atoms with Gasteiger partial charge in [-0.05, 0) is 50.2 Å². The third-order valence-electron chi connectivity index (χ3n) is 7.16. The van der Waals surface area contributed by atoms with E-state index in [2.05, 4.69) is 22.6 Å². The molecule has 178 valence electrons. The zero-order chi connectivity index (χ0) is 23.7. The van der Waals surface area contributed by atoms with E-state index in [-0.39, 0.29) is 17.7 Å². The molecule has 0 bridgehead atoms. The highest BCUT2D eigenvalue weighted by Gasteiger charge is 2.32. The Bertz CT molecular complexity index is 1190. The molecule has 3 heterocycles. The quantitative estimate of drug-likeness (QED) is 0.575. The number of piperidine rings is 1. The van der Waals surface area contributed by atoms with Crippen LogP contribution < -0.4 is 0 Å². The van der Waals surface area contributed by atoms with Gasteiger partial charge in [0.15, 0.2) is 0 Å². The van der Waals surface area contributed by atoms with Crippen LogP contribution in [0.4, 0.5) is 0 Å². The smallest absolute Gasteiger partial charge is 0.255 e. The van der Waals surface area contributed by atoms with Crippen molar-refractivity contribution in [2.45, 2.75) is 19.4 Å². The third kappa shape index (κ3) is 4.55. The number of halogens is 1. The van der Waals surface area contributed by atoms with Crippen molar-refractivity contribution in [1.29, 1.82) is 0 Å². The molecule has 8 heteroatoms. The highest BCUT2D eigenvalue weighted by molar-refractivity contribution is 6.33. The second-order valence-electron chi connectivity index (χ2n) is 9.22. The molecule has 5 rings (SSSR count). The highest BCUT2D eigenvalue weighted by atomic mass is 35.5. The van der Waals surface area contributed by atoms with E-state index in [9.17, 15) is 9.59 Å². The first-order valence-corrected chi connectivity index (χ1v) is 12.3. The van der Waals surface area contributed by atoms with Crippen molar-refractivity contribution in [2.24, 2.45) is 13.0 Å². The normalized spacial score (nSPS) is 17.9. The maximum Gasteiger partial charge on any atom is 0.255 e. The van der Waals surface area contributed by atoms with Crippen LogP contribution in [0, 0.1) is 5.92 Å². The van der Waals surface area contributed by atoms with E-state index in [4.69, 9.17) is 16.6 Å². The van der Waals surface area contributed by atoms with Gasteiger partial charge in [-0.15, -0.1) is 0 Å². The summed E-state index contributed by atoms with van der Waals surface area (Å²) >= 11 is 6.19. The second-order valence-corrected chi connectivity index (χ2v) is 9.63. The number of nitrogens with zero attached hydrogens (tertiary/aromatic N) is 5. The van der Waals surface area contributed by atoms with E-state index in [1.54, 1.807) is 17.0 Å².